The van der Waals surface area contributed by atoms with Crippen molar-refractivity contribution in [2.45, 2.75) is 32.9 Å². The van der Waals surface area contributed by atoms with E-state index >= 15 is 0 Å². The molecule has 2 atom stereocenters. The minimum atomic E-state index is -0.318. The van der Waals surface area contributed by atoms with Crippen molar-refractivity contribution < 1.29 is 10.1 Å². The van der Waals surface area contributed by atoms with E-state index in [0.29, 0.717) is 0 Å². The highest BCUT2D eigenvalue weighted by atomic mass is 16.2. The van der Waals surface area contributed by atoms with Gasteiger partial charge in [0.25, 0.3) is 5.91 Å². The number of amides is 1. The van der Waals surface area contributed by atoms with Gasteiger partial charge in [0.2, 0.25) is 0 Å². The molecule has 3 nitrogen and oxygen atoms in total. The second kappa shape index (κ2) is 8.65. The van der Waals surface area contributed by atoms with Crippen LogP contribution in [0.2, 0.25) is 0 Å². The first-order valence-corrected chi connectivity index (χ1v) is 9.37. The zero-order valence-electron chi connectivity index (χ0n) is 16.1. The van der Waals surface area contributed by atoms with Crippen molar-refractivity contribution in [1.29, 1.82) is 0 Å². The molecule has 3 rings (SSSR count). The molecule has 0 heterocycles. The molecule has 1 amide bonds. The van der Waals surface area contributed by atoms with E-state index in [9.17, 15) is 4.79 Å². The van der Waals surface area contributed by atoms with Gasteiger partial charge in [-0.1, -0.05) is 72.8 Å². The van der Waals surface area contributed by atoms with Gasteiger partial charge in [0, 0.05) is 16.8 Å². The minimum Gasteiger partial charge on any atom is -0.326 e. The lowest BCUT2D eigenvalue weighted by Crippen LogP contribution is -2.87. The molecule has 0 radical (unpaired) electrons. The van der Waals surface area contributed by atoms with E-state index in [1.54, 1.807) is 0 Å². The highest BCUT2D eigenvalue weighted by molar-refractivity contribution is 5.95. The molecule has 0 fully saturated rings. The third-order valence-electron chi connectivity index (χ3n) is 4.90. The largest absolute Gasteiger partial charge is 0.326 e. The van der Waals surface area contributed by atoms with Gasteiger partial charge in [0.1, 0.15) is 6.04 Å². The first-order chi connectivity index (χ1) is 13.0. The molecule has 0 unspecified atom stereocenters. The Morgan fingerprint density at radius 2 is 1.44 bits per heavy atom. The number of carbonyl (C=O) groups excluding carboxylic acids is 1. The Balaban J connectivity index is 1.85. The average Bonchev–Trinajstić information content (AvgIpc) is 2.70. The van der Waals surface area contributed by atoms with E-state index < -0.39 is 0 Å². The molecule has 0 saturated heterocycles. The first kappa shape index (κ1) is 18.9. The van der Waals surface area contributed by atoms with Crippen molar-refractivity contribution in [3.05, 3.63) is 101 Å². The summed E-state index contributed by atoms with van der Waals surface area (Å²) in [5, 5.41) is 5.27. The van der Waals surface area contributed by atoms with Gasteiger partial charge in [-0.15, -0.1) is 0 Å². The number of hydrogen-bond acceptors (Lipinski definition) is 1. The Morgan fingerprint density at radius 1 is 0.852 bits per heavy atom. The summed E-state index contributed by atoms with van der Waals surface area (Å²) in [5.41, 5.74) is 5.29. The van der Waals surface area contributed by atoms with E-state index in [4.69, 9.17) is 0 Å². The van der Waals surface area contributed by atoms with Crippen molar-refractivity contribution in [3.8, 4) is 0 Å². The van der Waals surface area contributed by atoms with E-state index in [-0.39, 0.29) is 18.0 Å². The Labute approximate surface area is 161 Å². The normalized spacial score (nSPS) is 13.0. The fraction of sp³-hybridized carbons (Fsp3) is 0.208. The van der Waals surface area contributed by atoms with Crippen LogP contribution in [-0.2, 0) is 4.79 Å². The molecule has 27 heavy (non-hydrogen) atoms. The maximum Gasteiger partial charge on any atom is 0.287 e. The number of nitrogens with two attached hydrogens (primary N) is 1. The minimum absolute atomic E-state index is 0.00215. The summed E-state index contributed by atoms with van der Waals surface area (Å²) in [4.78, 5) is 13.2. The van der Waals surface area contributed by atoms with E-state index in [2.05, 4.69) is 35.8 Å². The molecule has 3 heteroatoms. The van der Waals surface area contributed by atoms with Crippen LogP contribution in [-0.4, -0.2) is 5.91 Å². The van der Waals surface area contributed by atoms with Crippen LogP contribution in [0.1, 0.15) is 41.3 Å². The van der Waals surface area contributed by atoms with Gasteiger partial charge >= 0.3 is 0 Å². The third-order valence-corrected chi connectivity index (χ3v) is 4.90. The molecule has 0 aliphatic heterocycles. The third kappa shape index (κ3) is 4.83. The van der Waals surface area contributed by atoms with Gasteiger partial charge in [-0.2, -0.15) is 0 Å². The number of hydrogen-bond donors (Lipinski definition) is 2. The van der Waals surface area contributed by atoms with Gasteiger partial charge in [-0.05, 0) is 38.0 Å². The lowest BCUT2D eigenvalue weighted by molar-refractivity contribution is -0.718. The van der Waals surface area contributed by atoms with Crippen molar-refractivity contribution in [2.75, 3.05) is 5.32 Å². The number of anilines is 1. The number of aryl methyl sites for hydroxylation is 2. The fourth-order valence-electron chi connectivity index (χ4n) is 3.25. The zero-order valence-corrected chi connectivity index (χ0v) is 16.1. The summed E-state index contributed by atoms with van der Waals surface area (Å²) in [7, 11) is 0. The molecule has 0 bridgehead atoms. The lowest BCUT2D eigenvalue weighted by Gasteiger charge is -2.21. The van der Waals surface area contributed by atoms with Gasteiger partial charge in [-0.3, -0.25) is 4.79 Å². The fourth-order valence-corrected chi connectivity index (χ4v) is 3.25. The molecular weight excluding hydrogens is 332 g/mol. The predicted molar refractivity (Wildman–Crippen MR) is 111 cm³/mol. The quantitative estimate of drug-likeness (QED) is 0.677. The molecule has 0 saturated carbocycles. The van der Waals surface area contributed by atoms with Gasteiger partial charge < -0.3 is 10.6 Å². The second-order valence-electron chi connectivity index (χ2n) is 7.09. The van der Waals surface area contributed by atoms with Crippen LogP contribution >= 0.6 is 0 Å². The monoisotopic (exact) mass is 359 g/mol. The molecule has 138 valence electrons. The number of rotatable bonds is 6. The summed E-state index contributed by atoms with van der Waals surface area (Å²) in [5.74, 6) is -0.00215. The number of quaternary nitrogens is 1. The van der Waals surface area contributed by atoms with Crippen LogP contribution in [0.3, 0.4) is 0 Å². The Hall–Kier alpha value is -2.91. The molecule has 0 aromatic heterocycles. The Bertz CT molecular complexity index is 891. The van der Waals surface area contributed by atoms with Crippen LogP contribution in [0.5, 0.6) is 0 Å². The Morgan fingerprint density at radius 3 is 2.07 bits per heavy atom. The average molecular weight is 359 g/mol. The SMILES string of the molecule is Cc1ccc(C)c(NC(=O)[C@@H]([NH2+][C@@H](C)c2ccccc2)c2ccccc2)c1. The lowest BCUT2D eigenvalue weighted by atomic mass is 10.0. The van der Waals surface area contributed by atoms with Crippen LogP contribution < -0.4 is 10.6 Å². The van der Waals surface area contributed by atoms with Gasteiger partial charge in [0.15, 0.2) is 6.04 Å². The van der Waals surface area contributed by atoms with Crippen molar-refractivity contribution in [3.63, 3.8) is 0 Å². The van der Waals surface area contributed by atoms with Crippen LogP contribution in [0, 0.1) is 13.8 Å². The highest BCUT2D eigenvalue weighted by Gasteiger charge is 2.27. The van der Waals surface area contributed by atoms with Crippen LogP contribution in [0.15, 0.2) is 78.9 Å². The standard InChI is InChI=1S/C24H26N2O/c1-17-14-15-18(2)22(16-17)26-24(27)23(21-12-8-5-9-13-21)25-19(3)20-10-6-4-7-11-20/h4-16,19,23,25H,1-3H3,(H,26,27)/p+1/t19-,23-/m0/s1. The molecule has 0 aliphatic carbocycles. The van der Waals surface area contributed by atoms with Crippen LogP contribution in [0.4, 0.5) is 5.69 Å². The summed E-state index contributed by atoms with van der Waals surface area (Å²) < 4.78 is 0. The zero-order chi connectivity index (χ0) is 19.2. The van der Waals surface area contributed by atoms with E-state index in [1.807, 2.05) is 74.5 Å². The number of carbonyl (C=O) groups is 1. The summed E-state index contributed by atoms with van der Waals surface area (Å²) in [6.45, 7) is 6.19. The topological polar surface area (TPSA) is 45.7 Å². The second-order valence-corrected chi connectivity index (χ2v) is 7.09. The van der Waals surface area contributed by atoms with Gasteiger partial charge in [-0.25, -0.2) is 0 Å². The van der Waals surface area contributed by atoms with E-state index in [0.717, 1.165) is 22.4 Å². The van der Waals surface area contributed by atoms with Crippen LogP contribution in [0.25, 0.3) is 0 Å². The van der Waals surface area contributed by atoms with Gasteiger partial charge in [0.05, 0.1) is 0 Å². The highest BCUT2D eigenvalue weighted by Crippen LogP contribution is 2.19. The molecule has 3 N–H and O–H groups in total. The summed E-state index contributed by atoms with van der Waals surface area (Å²) in [6, 6.07) is 26.2. The summed E-state index contributed by atoms with van der Waals surface area (Å²) >= 11 is 0. The molecular formula is C24H27N2O+. The maximum absolute atomic E-state index is 13.2. The maximum atomic E-state index is 13.2. The van der Waals surface area contributed by atoms with Crippen molar-refractivity contribution in [2.24, 2.45) is 0 Å². The number of nitrogens with one attached hydrogen (secondary N) is 1. The smallest absolute Gasteiger partial charge is 0.287 e. The number of benzene rings is 3. The Kier molecular flexibility index (Phi) is 6.05. The molecule has 3 aromatic carbocycles. The van der Waals surface area contributed by atoms with E-state index in [1.165, 1.54) is 5.56 Å². The predicted octanol–water partition coefficient (Wildman–Crippen LogP) is 4.31. The molecule has 0 aliphatic rings. The summed E-state index contributed by atoms with van der Waals surface area (Å²) in [6.07, 6.45) is 0. The first-order valence-electron chi connectivity index (χ1n) is 9.37. The van der Waals surface area contributed by atoms with Crippen molar-refractivity contribution in [1.82, 2.24) is 0 Å². The molecule has 3 aromatic rings. The molecule has 0 spiro atoms. The van der Waals surface area contributed by atoms with Crippen molar-refractivity contribution >= 4 is 11.6 Å².